The summed E-state index contributed by atoms with van der Waals surface area (Å²) in [5.74, 6) is -0.302. The molecular weight excluding hydrogens is 216 g/mol. The van der Waals surface area contributed by atoms with E-state index >= 15 is 0 Å². The van der Waals surface area contributed by atoms with Gasteiger partial charge in [-0.2, -0.15) is 0 Å². The molecule has 0 bridgehead atoms. The molecule has 1 fully saturated rings. The molecular formula is C10H17ClN2O2. The third kappa shape index (κ3) is 2.25. The molecule has 1 unspecified atom stereocenters. The number of nitrogens with one attached hydrogen (secondary N) is 1. The molecule has 0 radical (unpaired) electrons. The Kier molecular flexibility index (Phi) is 3.97. The molecule has 0 aliphatic carbocycles. The molecule has 1 rings (SSSR count). The lowest BCUT2D eigenvalue weighted by molar-refractivity contribution is -0.149. The Hall–Kier alpha value is -0.770. The van der Waals surface area contributed by atoms with E-state index in [-0.39, 0.29) is 17.7 Å². The van der Waals surface area contributed by atoms with E-state index in [0.29, 0.717) is 19.5 Å². The molecule has 15 heavy (non-hydrogen) atoms. The molecule has 1 heterocycles. The molecule has 86 valence electrons. The van der Waals surface area contributed by atoms with Crippen molar-refractivity contribution in [3.8, 4) is 0 Å². The first-order valence-corrected chi connectivity index (χ1v) is 5.74. The molecule has 0 aromatic rings. The number of alkyl halides is 1. The van der Waals surface area contributed by atoms with Crippen LogP contribution in [0.4, 0.5) is 0 Å². The number of rotatable bonds is 3. The zero-order chi connectivity index (χ0) is 11.5. The van der Waals surface area contributed by atoms with Crippen LogP contribution in [0.5, 0.6) is 0 Å². The summed E-state index contributed by atoms with van der Waals surface area (Å²) in [7, 11) is 0. The summed E-state index contributed by atoms with van der Waals surface area (Å²) in [6.07, 6.45) is 1.53. The fourth-order valence-electron chi connectivity index (χ4n) is 2.05. The molecule has 1 atom stereocenters. The Balaban J connectivity index is 2.90. The summed E-state index contributed by atoms with van der Waals surface area (Å²) in [6, 6.07) is 0. The van der Waals surface area contributed by atoms with Gasteiger partial charge in [-0.25, -0.2) is 0 Å². The summed E-state index contributed by atoms with van der Waals surface area (Å²) in [6.45, 7) is 4.86. The second-order valence-corrected chi connectivity index (χ2v) is 4.23. The number of carbonyl (C=O) groups excluding carboxylic acids is 2. The largest absolute Gasteiger partial charge is 0.352 e. The van der Waals surface area contributed by atoms with Gasteiger partial charge in [0.2, 0.25) is 11.8 Å². The number of hydrogen-bond acceptors (Lipinski definition) is 2. The minimum atomic E-state index is -0.723. The molecule has 5 heteroatoms. The van der Waals surface area contributed by atoms with Crippen molar-refractivity contribution in [2.45, 2.75) is 32.2 Å². The molecule has 0 aromatic carbocycles. The lowest BCUT2D eigenvalue weighted by atomic mass is 9.90. The van der Waals surface area contributed by atoms with Crippen molar-refractivity contribution in [2.75, 3.05) is 19.0 Å². The van der Waals surface area contributed by atoms with Gasteiger partial charge in [-0.3, -0.25) is 9.59 Å². The number of nitrogens with zero attached hydrogens (tertiary/aromatic N) is 1. The molecule has 1 saturated heterocycles. The van der Waals surface area contributed by atoms with Crippen LogP contribution >= 0.6 is 11.6 Å². The predicted molar refractivity (Wildman–Crippen MR) is 58.8 cm³/mol. The van der Waals surface area contributed by atoms with E-state index in [4.69, 9.17) is 11.6 Å². The average Bonchev–Trinajstić information content (AvgIpc) is 2.22. The van der Waals surface area contributed by atoms with Crippen molar-refractivity contribution in [1.29, 1.82) is 0 Å². The Bertz CT molecular complexity index is 270. The Morgan fingerprint density at radius 3 is 2.87 bits per heavy atom. The standard InChI is InChI=1S/C10H17ClN2O2/c1-3-4-10(2)9(15)12-5-6-13(10)8(14)7-11/h3-7H2,1-2H3,(H,12,15). The van der Waals surface area contributed by atoms with Gasteiger partial charge in [-0.1, -0.05) is 13.3 Å². The van der Waals surface area contributed by atoms with E-state index in [1.54, 1.807) is 11.8 Å². The van der Waals surface area contributed by atoms with Crippen LogP contribution in [0.15, 0.2) is 0 Å². The van der Waals surface area contributed by atoms with Crippen LogP contribution in [0.25, 0.3) is 0 Å². The van der Waals surface area contributed by atoms with E-state index in [9.17, 15) is 9.59 Å². The highest BCUT2D eigenvalue weighted by molar-refractivity contribution is 6.27. The van der Waals surface area contributed by atoms with Gasteiger partial charge in [0.25, 0.3) is 0 Å². The molecule has 1 aliphatic rings. The van der Waals surface area contributed by atoms with Crippen LogP contribution in [0.3, 0.4) is 0 Å². The van der Waals surface area contributed by atoms with Gasteiger partial charge >= 0.3 is 0 Å². The van der Waals surface area contributed by atoms with E-state index in [1.165, 1.54) is 0 Å². The smallest absolute Gasteiger partial charge is 0.245 e. The Labute approximate surface area is 95.0 Å². The van der Waals surface area contributed by atoms with Crippen LogP contribution in [0, 0.1) is 0 Å². The third-order valence-electron chi connectivity index (χ3n) is 2.86. The van der Waals surface area contributed by atoms with Gasteiger partial charge in [-0.05, 0) is 13.3 Å². The van der Waals surface area contributed by atoms with Crippen molar-refractivity contribution in [3.63, 3.8) is 0 Å². The Morgan fingerprint density at radius 1 is 1.67 bits per heavy atom. The highest BCUT2D eigenvalue weighted by Gasteiger charge is 2.43. The number of amides is 2. The van der Waals surface area contributed by atoms with E-state index in [1.807, 2.05) is 6.92 Å². The zero-order valence-electron chi connectivity index (χ0n) is 9.18. The fourth-order valence-corrected chi connectivity index (χ4v) is 2.19. The summed E-state index contributed by atoms with van der Waals surface area (Å²) in [5.41, 5.74) is -0.723. The SMILES string of the molecule is CCCC1(C)C(=O)NCCN1C(=O)CCl. The minimum Gasteiger partial charge on any atom is -0.352 e. The van der Waals surface area contributed by atoms with Gasteiger partial charge in [0.1, 0.15) is 11.4 Å². The lowest BCUT2D eigenvalue weighted by Gasteiger charge is -2.43. The first kappa shape index (κ1) is 12.3. The maximum absolute atomic E-state index is 11.8. The van der Waals surface area contributed by atoms with Crippen LogP contribution in [-0.4, -0.2) is 41.2 Å². The molecule has 1 N–H and O–H groups in total. The normalized spacial score (nSPS) is 26.3. The first-order valence-electron chi connectivity index (χ1n) is 5.21. The summed E-state index contributed by atoms with van der Waals surface area (Å²) in [4.78, 5) is 25.0. The summed E-state index contributed by atoms with van der Waals surface area (Å²) >= 11 is 5.54. The van der Waals surface area contributed by atoms with Crippen LogP contribution in [0.2, 0.25) is 0 Å². The molecule has 0 saturated carbocycles. The molecule has 2 amide bonds. The number of hydrogen-bond donors (Lipinski definition) is 1. The summed E-state index contributed by atoms with van der Waals surface area (Å²) in [5, 5.41) is 2.79. The van der Waals surface area contributed by atoms with Crippen LogP contribution < -0.4 is 5.32 Å². The van der Waals surface area contributed by atoms with Gasteiger partial charge in [-0.15, -0.1) is 11.6 Å². The van der Waals surface area contributed by atoms with E-state index in [2.05, 4.69) is 5.32 Å². The first-order chi connectivity index (χ1) is 7.06. The zero-order valence-corrected chi connectivity index (χ0v) is 9.93. The Morgan fingerprint density at radius 2 is 2.33 bits per heavy atom. The maximum Gasteiger partial charge on any atom is 0.245 e. The monoisotopic (exact) mass is 232 g/mol. The molecule has 1 aliphatic heterocycles. The van der Waals surface area contributed by atoms with Crippen molar-refractivity contribution in [3.05, 3.63) is 0 Å². The van der Waals surface area contributed by atoms with Gasteiger partial charge in [0.05, 0.1) is 0 Å². The second-order valence-electron chi connectivity index (χ2n) is 3.96. The average molecular weight is 233 g/mol. The number of carbonyl (C=O) groups is 2. The second kappa shape index (κ2) is 4.84. The van der Waals surface area contributed by atoms with Crippen LogP contribution in [-0.2, 0) is 9.59 Å². The van der Waals surface area contributed by atoms with Gasteiger partial charge in [0.15, 0.2) is 0 Å². The van der Waals surface area contributed by atoms with E-state index in [0.717, 1.165) is 6.42 Å². The quantitative estimate of drug-likeness (QED) is 0.730. The third-order valence-corrected chi connectivity index (χ3v) is 3.09. The van der Waals surface area contributed by atoms with Crippen molar-refractivity contribution < 1.29 is 9.59 Å². The number of piperazine rings is 1. The highest BCUT2D eigenvalue weighted by Crippen LogP contribution is 2.24. The minimum absolute atomic E-state index is 0.0629. The molecule has 0 spiro atoms. The predicted octanol–water partition coefficient (Wildman–Crippen LogP) is 0.742. The van der Waals surface area contributed by atoms with Crippen molar-refractivity contribution in [1.82, 2.24) is 10.2 Å². The van der Waals surface area contributed by atoms with Crippen molar-refractivity contribution in [2.24, 2.45) is 0 Å². The fraction of sp³-hybridized carbons (Fsp3) is 0.800. The van der Waals surface area contributed by atoms with Crippen LogP contribution in [0.1, 0.15) is 26.7 Å². The van der Waals surface area contributed by atoms with Gasteiger partial charge in [0, 0.05) is 13.1 Å². The molecule has 4 nitrogen and oxygen atoms in total. The number of halogens is 1. The van der Waals surface area contributed by atoms with Gasteiger partial charge < -0.3 is 10.2 Å². The lowest BCUT2D eigenvalue weighted by Crippen LogP contribution is -2.65. The highest BCUT2D eigenvalue weighted by atomic mass is 35.5. The summed E-state index contributed by atoms with van der Waals surface area (Å²) < 4.78 is 0. The molecule has 0 aromatic heterocycles. The van der Waals surface area contributed by atoms with E-state index < -0.39 is 5.54 Å². The topological polar surface area (TPSA) is 49.4 Å². The van der Waals surface area contributed by atoms with Crippen molar-refractivity contribution >= 4 is 23.4 Å². The maximum atomic E-state index is 11.8.